The number of amides is 3. The molecule has 4 rings (SSSR count). The minimum atomic E-state index is -1.55. The maximum atomic E-state index is 12.9. The summed E-state index contributed by atoms with van der Waals surface area (Å²) >= 11 is 2.03. The standard InChI is InChI=1S/C19H18N8O6S2/c1-7-9(13(20)28)3-2-4-26(7)5-8-6-34-17-11(16(30)27(17)12(8)18(31)32)22-15(29)10(24-33)14-23-19(21)35-25-14/h2-4,11,17H,5-6H2,1H3,(H6-,20,21,22,23,25,28,29,31,32,33)/t11-,17+/m1/s1. The first-order chi connectivity index (χ1) is 16.6. The van der Waals surface area contributed by atoms with E-state index in [0.717, 1.165) is 16.4 Å². The zero-order valence-electron chi connectivity index (χ0n) is 18.0. The van der Waals surface area contributed by atoms with Crippen molar-refractivity contribution in [3.8, 4) is 0 Å². The number of oxime groups is 1. The molecule has 0 radical (unpaired) electrons. The highest BCUT2D eigenvalue weighted by Crippen LogP contribution is 2.40. The van der Waals surface area contributed by atoms with Gasteiger partial charge in [0.1, 0.15) is 17.0 Å². The van der Waals surface area contributed by atoms with E-state index in [1.54, 1.807) is 29.8 Å². The van der Waals surface area contributed by atoms with E-state index < -0.39 is 40.8 Å². The van der Waals surface area contributed by atoms with Crippen molar-refractivity contribution >= 4 is 57.8 Å². The molecule has 0 aromatic carbocycles. The first-order valence-corrected chi connectivity index (χ1v) is 11.8. The zero-order chi connectivity index (χ0) is 25.4. The van der Waals surface area contributed by atoms with Gasteiger partial charge in [-0.05, 0) is 6.07 Å². The van der Waals surface area contributed by atoms with E-state index in [2.05, 4.69) is 19.8 Å². The van der Waals surface area contributed by atoms with Crippen molar-refractivity contribution in [1.82, 2.24) is 19.6 Å². The second-order valence-corrected chi connectivity index (χ2v) is 9.39. The molecule has 2 aromatic heterocycles. The number of aromatic nitrogens is 3. The summed E-state index contributed by atoms with van der Waals surface area (Å²) in [6.07, 6.45) is 1.66. The number of nitrogen functional groups attached to an aromatic ring is 1. The summed E-state index contributed by atoms with van der Waals surface area (Å²) in [5.41, 5.74) is 11.2. The van der Waals surface area contributed by atoms with Crippen LogP contribution in [0.1, 0.15) is 21.9 Å². The molecule has 14 nitrogen and oxygen atoms in total. The fourth-order valence-corrected chi connectivity index (χ4v) is 5.56. The number of carboxylic acids is 1. The first-order valence-electron chi connectivity index (χ1n) is 9.93. The molecule has 6 N–H and O–H groups in total. The van der Waals surface area contributed by atoms with Gasteiger partial charge in [-0.3, -0.25) is 19.3 Å². The number of rotatable bonds is 7. The van der Waals surface area contributed by atoms with Crippen molar-refractivity contribution in [1.29, 1.82) is 0 Å². The van der Waals surface area contributed by atoms with Gasteiger partial charge in [0.05, 0.1) is 11.7 Å². The van der Waals surface area contributed by atoms with Gasteiger partial charge in [0.2, 0.25) is 11.5 Å². The summed E-state index contributed by atoms with van der Waals surface area (Å²) in [5, 5.41) is 25.9. The number of hydrogen-bond donors (Lipinski definition) is 4. The van der Waals surface area contributed by atoms with Crippen molar-refractivity contribution in [2.24, 2.45) is 10.9 Å². The van der Waals surface area contributed by atoms with Gasteiger partial charge in [-0.1, -0.05) is 5.16 Å². The summed E-state index contributed by atoms with van der Waals surface area (Å²) in [6, 6.07) is 2.08. The summed E-state index contributed by atoms with van der Waals surface area (Å²) in [7, 11) is 0. The first kappa shape index (κ1) is 24.1. The van der Waals surface area contributed by atoms with Crippen LogP contribution in [0.5, 0.6) is 0 Å². The van der Waals surface area contributed by atoms with E-state index in [1.807, 2.05) is 0 Å². The number of carbonyl (C=O) groups is 4. The highest BCUT2D eigenvalue weighted by Gasteiger charge is 2.53. The van der Waals surface area contributed by atoms with E-state index >= 15 is 0 Å². The molecule has 0 aliphatic carbocycles. The lowest BCUT2D eigenvalue weighted by atomic mass is 10.0. The highest BCUT2D eigenvalue weighted by atomic mass is 32.2. The Hall–Kier alpha value is -4.05. The Kier molecular flexibility index (Phi) is 6.40. The Morgan fingerprint density at radius 1 is 1.43 bits per heavy atom. The third-order valence-electron chi connectivity index (χ3n) is 5.47. The Labute approximate surface area is 205 Å². The maximum absolute atomic E-state index is 12.9. The molecule has 16 heteroatoms. The molecule has 1 fully saturated rings. The largest absolute Gasteiger partial charge is 0.543 e. The van der Waals surface area contributed by atoms with Gasteiger partial charge in [-0.15, -0.1) is 11.8 Å². The lowest BCUT2D eigenvalue weighted by Gasteiger charge is -2.50. The summed E-state index contributed by atoms with van der Waals surface area (Å²) < 4.78 is 5.45. The monoisotopic (exact) mass is 518 g/mol. The van der Waals surface area contributed by atoms with Crippen LogP contribution in [0.3, 0.4) is 0 Å². The molecule has 0 bridgehead atoms. The molecule has 2 aliphatic rings. The molecule has 3 amide bonds. The molecule has 2 aliphatic heterocycles. The number of hydrogen-bond acceptors (Lipinski definition) is 12. The van der Waals surface area contributed by atoms with Crippen molar-refractivity contribution in [3.05, 3.63) is 46.7 Å². The van der Waals surface area contributed by atoms with Crippen LogP contribution in [0.25, 0.3) is 0 Å². The topological polar surface area (TPSA) is 221 Å². The maximum Gasteiger partial charge on any atom is 0.278 e. The van der Waals surface area contributed by atoms with Crippen LogP contribution in [0.15, 0.2) is 34.8 Å². The average molecular weight is 519 g/mol. The third-order valence-corrected chi connectivity index (χ3v) is 7.35. The number of aliphatic carboxylic acids is 1. The van der Waals surface area contributed by atoms with Crippen molar-refractivity contribution < 1.29 is 34.1 Å². The van der Waals surface area contributed by atoms with Crippen molar-refractivity contribution in [2.75, 3.05) is 11.5 Å². The molecule has 182 valence electrons. The summed E-state index contributed by atoms with van der Waals surface area (Å²) in [6.45, 7) is 1.75. The lowest BCUT2D eigenvalue weighted by Crippen LogP contribution is -2.71. The predicted octanol–water partition coefficient (Wildman–Crippen LogP) is -2.90. The average Bonchev–Trinajstić information content (AvgIpc) is 3.24. The van der Waals surface area contributed by atoms with Gasteiger partial charge >= 0.3 is 0 Å². The SMILES string of the molecule is Cc1c(C(N)=O)ccc[n+]1CC1=C(C(=O)[O-])N2C(=O)[C@@H](NC(=O)C(=NO)c3nsc(N)n3)[C@@H]2SC1. The Bertz CT molecular complexity index is 1320. The number of thioether (sulfide) groups is 1. The van der Waals surface area contributed by atoms with Crippen LogP contribution in [0, 0.1) is 6.92 Å². The molecule has 4 heterocycles. The molecule has 0 spiro atoms. The van der Waals surface area contributed by atoms with Crippen LogP contribution >= 0.6 is 23.3 Å². The number of anilines is 1. The smallest absolute Gasteiger partial charge is 0.278 e. The Balaban J connectivity index is 1.56. The highest BCUT2D eigenvalue weighted by molar-refractivity contribution is 8.00. The van der Waals surface area contributed by atoms with Crippen LogP contribution in [0.2, 0.25) is 0 Å². The second kappa shape index (κ2) is 9.30. The summed E-state index contributed by atoms with van der Waals surface area (Å²) in [4.78, 5) is 53.9. The van der Waals surface area contributed by atoms with E-state index in [0.29, 0.717) is 11.3 Å². The van der Waals surface area contributed by atoms with Gasteiger partial charge in [-0.2, -0.15) is 13.9 Å². The number of carboxylic acid groups (broad SMARTS) is 1. The normalized spacial score (nSPS) is 19.7. The fourth-order valence-electron chi connectivity index (χ4n) is 3.79. The number of pyridine rings is 1. The van der Waals surface area contributed by atoms with E-state index in [9.17, 15) is 29.5 Å². The number of carbonyl (C=O) groups excluding carboxylic acids is 4. The van der Waals surface area contributed by atoms with Gasteiger partial charge in [0.15, 0.2) is 23.6 Å². The molecule has 0 saturated carbocycles. The lowest BCUT2D eigenvalue weighted by molar-refractivity contribution is -0.695. The molecule has 0 unspecified atom stereocenters. The summed E-state index contributed by atoms with van der Waals surface area (Å²) in [5.74, 6) is -3.78. The fraction of sp³-hybridized carbons (Fsp3) is 0.263. The minimum Gasteiger partial charge on any atom is -0.543 e. The van der Waals surface area contributed by atoms with Crippen LogP contribution < -0.4 is 26.5 Å². The van der Waals surface area contributed by atoms with Gasteiger partial charge in [0.25, 0.3) is 17.7 Å². The van der Waals surface area contributed by atoms with Crippen molar-refractivity contribution in [2.45, 2.75) is 24.9 Å². The second-order valence-electron chi connectivity index (χ2n) is 7.50. The molecule has 35 heavy (non-hydrogen) atoms. The van der Waals surface area contributed by atoms with E-state index in [4.69, 9.17) is 11.5 Å². The number of nitrogens with one attached hydrogen (secondary N) is 1. The number of nitrogens with zero attached hydrogens (tertiary/aromatic N) is 5. The Morgan fingerprint density at radius 3 is 2.77 bits per heavy atom. The molecule has 2 atom stereocenters. The predicted molar refractivity (Wildman–Crippen MR) is 120 cm³/mol. The Morgan fingerprint density at radius 2 is 2.17 bits per heavy atom. The van der Waals surface area contributed by atoms with Gasteiger partial charge in [-0.25, -0.2) is 0 Å². The third kappa shape index (κ3) is 4.28. The number of β-lactam (4-membered cyclic amide) rings is 1. The number of nitrogens with two attached hydrogens (primary N) is 2. The number of fused-ring (bicyclic) bond motifs is 1. The zero-order valence-corrected chi connectivity index (χ0v) is 19.6. The molecular weight excluding hydrogens is 500 g/mol. The molecule has 2 aromatic rings. The van der Waals surface area contributed by atoms with Crippen molar-refractivity contribution in [3.63, 3.8) is 0 Å². The van der Waals surface area contributed by atoms with E-state index in [1.165, 1.54) is 11.8 Å². The van der Waals surface area contributed by atoms with Gasteiger partial charge in [0, 0.05) is 35.8 Å². The van der Waals surface area contributed by atoms with Crippen LogP contribution in [-0.4, -0.2) is 66.0 Å². The van der Waals surface area contributed by atoms with E-state index in [-0.39, 0.29) is 34.5 Å². The minimum absolute atomic E-state index is 0.0495. The van der Waals surface area contributed by atoms with Crippen LogP contribution in [0.4, 0.5) is 5.13 Å². The quantitative estimate of drug-likeness (QED) is 0.0962. The number of primary amides is 1. The van der Waals surface area contributed by atoms with Crippen LogP contribution in [-0.2, 0) is 20.9 Å². The van der Waals surface area contributed by atoms with Gasteiger partial charge < -0.3 is 31.9 Å². The molecular formula is C19H18N8O6S2. The molecule has 1 saturated heterocycles.